The number of aliphatic hydroxyl groups excluding tert-OH is 1. The van der Waals surface area contributed by atoms with E-state index in [-0.39, 0.29) is 4.90 Å². The molecule has 0 radical (unpaired) electrons. The molecule has 0 aliphatic heterocycles. The van der Waals surface area contributed by atoms with Gasteiger partial charge in [-0.05, 0) is 42.0 Å². The number of hydrogen-bond acceptors (Lipinski definition) is 6. The van der Waals surface area contributed by atoms with E-state index in [1.165, 1.54) is 12.3 Å². The average molecular weight is 434 g/mol. The summed E-state index contributed by atoms with van der Waals surface area (Å²) in [4.78, 5) is 3.89. The van der Waals surface area contributed by atoms with Crippen molar-refractivity contribution in [1.29, 1.82) is 0 Å². The summed E-state index contributed by atoms with van der Waals surface area (Å²) < 4.78 is 29.3. The van der Waals surface area contributed by atoms with Crippen molar-refractivity contribution in [3.8, 4) is 16.9 Å². The molecule has 0 amide bonds. The zero-order valence-electron chi connectivity index (χ0n) is 15.5. The van der Waals surface area contributed by atoms with Crippen molar-refractivity contribution < 1.29 is 18.3 Å². The second kappa shape index (κ2) is 8.79. The summed E-state index contributed by atoms with van der Waals surface area (Å²) in [7, 11) is -2.43. The SMILES string of the molecule is COc1ccc(CC(O)Nc2ccc(-c3ccc(Cl)nc3)c(S(N)(=O)=O)c2)cc1. The maximum absolute atomic E-state index is 12.1. The summed E-state index contributed by atoms with van der Waals surface area (Å²) >= 11 is 5.80. The van der Waals surface area contributed by atoms with Crippen LogP contribution in [0.25, 0.3) is 11.1 Å². The van der Waals surface area contributed by atoms with Gasteiger partial charge in [-0.1, -0.05) is 29.8 Å². The summed E-state index contributed by atoms with van der Waals surface area (Å²) in [5.74, 6) is 0.723. The lowest BCUT2D eigenvalue weighted by Gasteiger charge is -2.16. The summed E-state index contributed by atoms with van der Waals surface area (Å²) in [6.45, 7) is 0. The van der Waals surface area contributed by atoms with Gasteiger partial charge in [-0.15, -0.1) is 0 Å². The Morgan fingerprint density at radius 2 is 1.90 bits per heavy atom. The molecule has 0 spiro atoms. The third-order valence-corrected chi connectivity index (χ3v) is 5.42. The first-order chi connectivity index (χ1) is 13.8. The first-order valence-corrected chi connectivity index (χ1v) is 10.5. The number of aliphatic hydroxyl groups is 1. The van der Waals surface area contributed by atoms with Crippen LogP contribution in [0.15, 0.2) is 65.7 Å². The first kappa shape index (κ1) is 21.1. The van der Waals surface area contributed by atoms with Crippen molar-refractivity contribution in [1.82, 2.24) is 4.98 Å². The number of methoxy groups -OCH3 is 1. The Morgan fingerprint density at radius 1 is 1.17 bits per heavy atom. The molecule has 9 heteroatoms. The highest BCUT2D eigenvalue weighted by atomic mass is 35.5. The van der Waals surface area contributed by atoms with Gasteiger partial charge >= 0.3 is 0 Å². The second-order valence-electron chi connectivity index (χ2n) is 6.34. The number of primary sulfonamides is 1. The van der Waals surface area contributed by atoms with Crippen LogP contribution in [0.3, 0.4) is 0 Å². The summed E-state index contributed by atoms with van der Waals surface area (Å²) in [6.07, 6.45) is 0.856. The van der Waals surface area contributed by atoms with Crippen molar-refractivity contribution in [3.05, 3.63) is 71.5 Å². The molecule has 2 aromatic carbocycles. The predicted molar refractivity (Wildman–Crippen MR) is 112 cm³/mol. The Labute approximate surface area is 174 Å². The predicted octanol–water partition coefficient (Wildman–Crippen LogP) is 3.03. The van der Waals surface area contributed by atoms with Crippen molar-refractivity contribution in [3.63, 3.8) is 0 Å². The minimum atomic E-state index is -4.01. The zero-order valence-corrected chi connectivity index (χ0v) is 17.1. The van der Waals surface area contributed by atoms with Crippen LogP contribution in [0, 0.1) is 0 Å². The fourth-order valence-electron chi connectivity index (χ4n) is 2.85. The normalized spacial score (nSPS) is 12.4. The van der Waals surface area contributed by atoms with Gasteiger partial charge < -0.3 is 15.2 Å². The van der Waals surface area contributed by atoms with E-state index in [4.69, 9.17) is 21.5 Å². The number of hydrogen-bond donors (Lipinski definition) is 3. The lowest BCUT2D eigenvalue weighted by Crippen LogP contribution is -2.22. The number of nitrogens with one attached hydrogen (secondary N) is 1. The molecule has 0 aliphatic carbocycles. The molecule has 1 heterocycles. The highest BCUT2D eigenvalue weighted by Crippen LogP contribution is 2.29. The van der Waals surface area contributed by atoms with Gasteiger partial charge in [0.1, 0.15) is 17.1 Å². The van der Waals surface area contributed by atoms with Crippen molar-refractivity contribution in [2.75, 3.05) is 12.4 Å². The molecule has 29 heavy (non-hydrogen) atoms. The van der Waals surface area contributed by atoms with Gasteiger partial charge in [-0.25, -0.2) is 18.5 Å². The Morgan fingerprint density at radius 3 is 2.48 bits per heavy atom. The number of pyridine rings is 1. The minimum absolute atomic E-state index is 0.0803. The maximum Gasteiger partial charge on any atom is 0.238 e. The number of anilines is 1. The zero-order chi connectivity index (χ0) is 21.0. The van der Waals surface area contributed by atoms with Gasteiger partial charge in [-0.3, -0.25) is 0 Å². The molecule has 0 bridgehead atoms. The third kappa shape index (κ3) is 5.45. The van der Waals surface area contributed by atoms with Crippen LogP contribution in [0.5, 0.6) is 5.75 Å². The van der Waals surface area contributed by atoms with Crippen LogP contribution < -0.4 is 15.2 Å². The molecule has 0 aliphatic rings. The molecule has 1 aromatic heterocycles. The number of sulfonamides is 1. The quantitative estimate of drug-likeness (QED) is 0.389. The second-order valence-corrected chi connectivity index (χ2v) is 8.25. The Balaban J connectivity index is 1.83. The summed E-state index contributed by atoms with van der Waals surface area (Å²) in [6, 6.07) is 15.2. The van der Waals surface area contributed by atoms with Gasteiger partial charge in [-0.2, -0.15) is 0 Å². The number of ether oxygens (including phenoxy) is 1. The van der Waals surface area contributed by atoms with E-state index in [1.807, 2.05) is 12.1 Å². The van der Waals surface area contributed by atoms with Gasteiger partial charge in [0.05, 0.1) is 12.0 Å². The lowest BCUT2D eigenvalue weighted by atomic mass is 10.1. The van der Waals surface area contributed by atoms with Crippen LogP contribution >= 0.6 is 11.6 Å². The molecule has 0 saturated heterocycles. The van der Waals surface area contributed by atoms with Crippen LogP contribution in [-0.2, 0) is 16.4 Å². The van der Waals surface area contributed by atoms with E-state index in [1.54, 1.807) is 43.5 Å². The Kier molecular flexibility index (Phi) is 6.39. The van der Waals surface area contributed by atoms with E-state index >= 15 is 0 Å². The molecule has 1 atom stereocenters. The summed E-state index contributed by atoms with van der Waals surface area (Å²) in [5, 5.41) is 18.9. The van der Waals surface area contributed by atoms with E-state index < -0.39 is 16.3 Å². The molecule has 3 rings (SSSR count). The molecule has 7 nitrogen and oxygen atoms in total. The van der Waals surface area contributed by atoms with Crippen molar-refractivity contribution >= 4 is 27.3 Å². The average Bonchev–Trinajstić information content (AvgIpc) is 2.68. The minimum Gasteiger partial charge on any atom is -0.497 e. The first-order valence-electron chi connectivity index (χ1n) is 8.62. The number of nitrogens with zero attached hydrogens (tertiary/aromatic N) is 1. The van der Waals surface area contributed by atoms with Crippen LogP contribution in [0.4, 0.5) is 5.69 Å². The topological polar surface area (TPSA) is 115 Å². The molecule has 4 N–H and O–H groups in total. The number of aromatic nitrogens is 1. The Bertz CT molecular complexity index is 1090. The molecular weight excluding hydrogens is 414 g/mol. The molecule has 0 fully saturated rings. The summed E-state index contributed by atoms with van der Waals surface area (Å²) in [5.41, 5.74) is 2.26. The van der Waals surface area contributed by atoms with Crippen LogP contribution in [-0.4, -0.2) is 31.8 Å². The Hall–Kier alpha value is -2.65. The fraction of sp³-hybridized carbons (Fsp3) is 0.150. The number of nitrogens with two attached hydrogens (primary N) is 1. The van der Waals surface area contributed by atoms with Gasteiger partial charge in [0.15, 0.2) is 0 Å². The van der Waals surface area contributed by atoms with Crippen molar-refractivity contribution in [2.45, 2.75) is 17.5 Å². The molecular formula is C20H20ClN3O4S. The highest BCUT2D eigenvalue weighted by Gasteiger charge is 2.17. The van der Waals surface area contributed by atoms with E-state index in [9.17, 15) is 13.5 Å². The number of rotatable bonds is 7. The lowest BCUT2D eigenvalue weighted by molar-refractivity contribution is 0.204. The van der Waals surface area contributed by atoms with Crippen LogP contribution in [0.2, 0.25) is 5.15 Å². The van der Waals surface area contributed by atoms with E-state index in [0.717, 1.165) is 11.3 Å². The molecule has 1 unspecified atom stereocenters. The van der Waals surface area contributed by atoms with Gasteiger partial charge in [0.2, 0.25) is 10.0 Å². The number of benzene rings is 2. The van der Waals surface area contributed by atoms with E-state index in [0.29, 0.717) is 28.4 Å². The monoisotopic (exact) mass is 433 g/mol. The van der Waals surface area contributed by atoms with Gasteiger partial charge in [0.25, 0.3) is 0 Å². The molecule has 0 saturated carbocycles. The van der Waals surface area contributed by atoms with E-state index in [2.05, 4.69) is 10.3 Å². The highest BCUT2D eigenvalue weighted by molar-refractivity contribution is 7.89. The molecule has 3 aromatic rings. The molecule has 152 valence electrons. The third-order valence-electron chi connectivity index (χ3n) is 4.25. The maximum atomic E-state index is 12.1. The number of halogens is 1. The standard InChI is InChI=1S/C20H20ClN3O4S/c1-28-16-6-2-13(3-7-16)10-20(25)24-15-5-8-17(18(11-15)29(22,26)27)14-4-9-19(21)23-12-14/h2-9,11-12,20,24-25H,10H2,1H3,(H2,22,26,27). The fourth-order valence-corrected chi connectivity index (χ4v) is 3.74. The van der Waals surface area contributed by atoms with Crippen LogP contribution in [0.1, 0.15) is 5.56 Å². The van der Waals surface area contributed by atoms with Crippen molar-refractivity contribution in [2.24, 2.45) is 5.14 Å². The largest absolute Gasteiger partial charge is 0.497 e. The smallest absolute Gasteiger partial charge is 0.238 e. The van der Waals surface area contributed by atoms with Gasteiger partial charge in [0, 0.05) is 29.4 Å².